The molecule has 4 heteroatoms. The molecule has 0 amide bonds. The number of likely N-dealkylation sites (N-methyl/N-ethyl adjacent to an activating group) is 1. The monoisotopic (exact) mass is 227 g/mol. The van der Waals surface area contributed by atoms with Gasteiger partial charge in [-0.2, -0.15) is 5.26 Å². The van der Waals surface area contributed by atoms with Gasteiger partial charge in [-0.3, -0.25) is 0 Å². The van der Waals surface area contributed by atoms with Crippen LogP contribution in [-0.2, 0) is 4.74 Å². The molecule has 94 valence electrons. The van der Waals surface area contributed by atoms with Crippen LogP contribution in [0, 0.1) is 16.7 Å². The van der Waals surface area contributed by atoms with Crippen LogP contribution in [0.2, 0.25) is 0 Å². The summed E-state index contributed by atoms with van der Waals surface area (Å²) in [5.41, 5.74) is -0.213. The van der Waals surface area contributed by atoms with E-state index in [0.717, 1.165) is 39.2 Å². The number of nitrogens with one attached hydrogen (secondary N) is 1. The summed E-state index contributed by atoms with van der Waals surface area (Å²) in [4.78, 5) is 2.23. The lowest BCUT2D eigenvalue weighted by Crippen LogP contribution is -2.32. The molecule has 0 rings (SSSR count). The van der Waals surface area contributed by atoms with Crippen LogP contribution in [0.1, 0.15) is 20.3 Å². The first-order valence-electron chi connectivity index (χ1n) is 5.81. The molecule has 0 unspecified atom stereocenters. The molecule has 16 heavy (non-hydrogen) atoms. The fourth-order valence-corrected chi connectivity index (χ4v) is 1.21. The lowest BCUT2D eigenvalue weighted by molar-refractivity contribution is 0.161. The largest absolute Gasteiger partial charge is 0.383 e. The van der Waals surface area contributed by atoms with Gasteiger partial charge < -0.3 is 15.0 Å². The zero-order valence-corrected chi connectivity index (χ0v) is 11.0. The summed E-state index contributed by atoms with van der Waals surface area (Å²) in [7, 11) is 3.80. The zero-order chi connectivity index (χ0) is 12.4. The molecule has 0 aromatic heterocycles. The number of nitriles is 1. The Morgan fingerprint density at radius 2 is 2.00 bits per heavy atom. The first kappa shape index (κ1) is 15.4. The predicted octanol–water partition coefficient (Wildman–Crippen LogP) is 1.09. The Hall–Kier alpha value is -0.630. The minimum atomic E-state index is -0.213. The molecule has 0 saturated carbocycles. The Morgan fingerprint density at radius 1 is 1.31 bits per heavy atom. The van der Waals surface area contributed by atoms with E-state index in [1.54, 1.807) is 7.11 Å². The predicted molar refractivity (Wildman–Crippen MR) is 66.3 cm³/mol. The van der Waals surface area contributed by atoms with E-state index in [0.29, 0.717) is 0 Å². The minimum absolute atomic E-state index is 0.213. The van der Waals surface area contributed by atoms with Crippen LogP contribution < -0.4 is 5.32 Å². The maximum absolute atomic E-state index is 8.84. The molecule has 4 nitrogen and oxygen atoms in total. The van der Waals surface area contributed by atoms with Gasteiger partial charge >= 0.3 is 0 Å². The summed E-state index contributed by atoms with van der Waals surface area (Å²) in [5, 5.41) is 12.2. The molecule has 0 atom stereocenters. The maximum atomic E-state index is 8.84. The van der Waals surface area contributed by atoms with E-state index in [9.17, 15) is 0 Å². The highest BCUT2D eigenvalue weighted by Crippen LogP contribution is 2.16. The zero-order valence-electron chi connectivity index (χ0n) is 11.0. The highest BCUT2D eigenvalue weighted by Gasteiger charge is 2.15. The van der Waals surface area contributed by atoms with Gasteiger partial charge in [0, 0.05) is 26.7 Å². The normalized spacial score (nSPS) is 11.8. The van der Waals surface area contributed by atoms with E-state index in [-0.39, 0.29) is 5.41 Å². The van der Waals surface area contributed by atoms with Crippen molar-refractivity contribution in [2.45, 2.75) is 20.3 Å². The fraction of sp³-hybridized carbons (Fsp3) is 0.917. The number of nitrogens with zero attached hydrogens (tertiary/aromatic N) is 2. The molecule has 0 aliphatic carbocycles. The minimum Gasteiger partial charge on any atom is -0.383 e. The second kappa shape index (κ2) is 8.51. The Morgan fingerprint density at radius 3 is 2.56 bits per heavy atom. The SMILES string of the molecule is COCCN(C)CCNCCC(C)(C)C#N. The van der Waals surface area contributed by atoms with Gasteiger partial charge in [-0.25, -0.2) is 0 Å². The van der Waals surface area contributed by atoms with Gasteiger partial charge in [0.1, 0.15) is 0 Å². The van der Waals surface area contributed by atoms with Gasteiger partial charge in [0.2, 0.25) is 0 Å². The van der Waals surface area contributed by atoms with E-state index in [1.807, 2.05) is 13.8 Å². The molecule has 0 aliphatic rings. The highest BCUT2D eigenvalue weighted by molar-refractivity contribution is 4.91. The molecule has 0 radical (unpaired) electrons. The number of rotatable bonds is 9. The third-order valence-electron chi connectivity index (χ3n) is 2.58. The van der Waals surface area contributed by atoms with Gasteiger partial charge in [-0.05, 0) is 33.9 Å². The third-order valence-corrected chi connectivity index (χ3v) is 2.58. The van der Waals surface area contributed by atoms with Crippen molar-refractivity contribution in [1.29, 1.82) is 5.26 Å². The van der Waals surface area contributed by atoms with Gasteiger partial charge in [-0.1, -0.05) is 0 Å². The van der Waals surface area contributed by atoms with Crippen molar-refractivity contribution in [3.8, 4) is 6.07 Å². The van der Waals surface area contributed by atoms with Crippen LogP contribution in [0.4, 0.5) is 0 Å². The molecule has 0 saturated heterocycles. The van der Waals surface area contributed by atoms with E-state index in [4.69, 9.17) is 10.00 Å². The maximum Gasteiger partial charge on any atom is 0.0684 e. The molecule has 0 bridgehead atoms. The van der Waals surface area contributed by atoms with E-state index in [1.165, 1.54) is 0 Å². The third kappa shape index (κ3) is 8.66. The Balaban J connectivity index is 3.37. The van der Waals surface area contributed by atoms with Crippen molar-refractivity contribution < 1.29 is 4.74 Å². The number of hydrogen-bond donors (Lipinski definition) is 1. The molecule has 1 N–H and O–H groups in total. The van der Waals surface area contributed by atoms with Crippen LogP contribution in [0.25, 0.3) is 0 Å². The summed E-state index contributed by atoms with van der Waals surface area (Å²) in [6.07, 6.45) is 0.894. The molecule has 0 fully saturated rings. The molecule has 0 aliphatic heterocycles. The molecular formula is C12H25N3O. The fourth-order valence-electron chi connectivity index (χ4n) is 1.21. The Kier molecular flexibility index (Phi) is 8.18. The lowest BCUT2D eigenvalue weighted by atomic mass is 9.92. The quantitative estimate of drug-likeness (QED) is 0.599. The van der Waals surface area contributed by atoms with Crippen LogP contribution >= 0.6 is 0 Å². The van der Waals surface area contributed by atoms with Crippen molar-refractivity contribution in [2.24, 2.45) is 5.41 Å². The van der Waals surface area contributed by atoms with Gasteiger partial charge in [0.05, 0.1) is 18.1 Å². The Labute approximate surface area is 99.6 Å². The van der Waals surface area contributed by atoms with E-state index >= 15 is 0 Å². The first-order valence-corrected chi connectivity index (χ1v) is 5.81. The van der Waals surface area contributed by atoms with Crippen LogP contribution in [0.5, 0.6) is 0 Å². The number of methoxy groups -OCH3 is 1. The second-order valence-electron chi connectivity index (χ2n) is 4.79. The Bertz CT molecular complexity index is 211. The van der Waals surface area contributed by atoms with Crippen molar-refractivity contribution in [3.05, 3.63) is 0 Å². The number of ether oxygens (including phenoxy) is 1. The summed E-state index contributed by atoms with van der Waals surface area (Å²) >= 11 is 0. The van der Waals surface area contributed by atoms with Crippen LogP contribution in [0.3, 0.4) is 0 Å². The summed E-state index contributed by atoms with van der Waals surface area (Å²) in [6.45, 7) is 8.55. The van der Waals surface area contributed by atoms with E-state index in [2.05, 4.69) is 23.3 Å². The molecule has 0 aromatic rings. The first-order chi connectivity index (χ1) is 7.52. The molecule has 0 spiro atoms. The number of hydrogen-bond acceptors (Lipinski definition) is 4. The second-order valence-corrected chi connectivity index (χ2v) is 4.79. The van der Waals surface area contributed by atoms with E-state index < -0.39 is 0 Å². The van der Waals surface area contributed by atoms with Crippen molar-refractivity contribution in [3.63, 3.8) is 0 Å². The molecule has 0 aromatic carbocycles. The van der Waals surface area contributed by atoms with Gasteiger partial charge in [0.15, 0.2) is 0 Å². The standard InChI is InChI=1S/C12H25N3O/c1-12(2,11-13)5-6-14-7-8-15(3)9-10-16-4/h14H,5-10H2,1-4H3. The topological polar surface area (TPSA) is 48.3 Å². The summed E-state index contributed by atoms with van der Waals surface area (Å²) in [6, 6.07) is 2.30. The van der Waals surface area contributed by atoms with Crippen molar-refractivity contribution >= 4 is 0 Å². The average molecular weight is 227 g/mol. The smallest absolute Gasteiger partial charge is 0.0684 e. The van der Waals surface area contributed by atoms with Crippen LogP contribution in [-0.4, -0.2) is 51.8 Å². The van der Waals surface area contributed by atoms with Crippen LogP contribution in [0.15, 0.2) is 0 Å². The summed E-state index contributed by atoms with van der Waals surface area (Å²) < 4.78 is 5.00. The van der Waals surface area contributed by atoms with Crippen molar-refractivity contribution in [2.75, 3.05) is 46.9 Å². The molecular weight excluding hydrogens is 202 g/mol. The average Bonchev–Trinajstić information content (AvgIpc) is 2.25. The van der Waals surface area contributed by atoms with Gasteiger partial charge in [-0.15, -0.1) is 0 Å². The van der Waals surface area contributed by atoms with Gasteiger partial charge in [0.25, 0.3) is 0 Å². The highest BCUT2D eigenvalue weighted by atomic mass is 16.5. The summed E-state index contributed by atoms with van der Waals surface area (Å²) in [5.74, 6) is 0. The molecule has 0 heterocycles. The lowest BCUT2D eigenvalue weighted by Gasteiger charge is -2.18. The van der Waals surface area contributed by atoms with Crippen molar-refractivity contribution in [1.82, 2.24) is 10.2 Å².